The lowest BCUT2D eigenvalue weighted by atomic mass is 10.2. The lowest BCUT2D eigenvalue weighted by Crippen LogP contribution is -2.28. The van der Waals surface area contributed by atoms with Crippen LogP contribution in [0.5, 0.6) is 0 Å². The third-order valence-electron chi connectivity index (χ3n) is 2.72. The second-order valence-electron chi connectivity index (χ2n) is 4.54. The molecule has 2 N–H and O–H groups in total. The van der Waals surface area contributed by atoms with Crippen molar-refractivity contribution in [2.45, 2.75) is 6.18 Å². The van der Waals surface area contributed by atoms with Gasteiger partial charge in [0.05, 0.1) is 10.6 Å². The summed E-state index contributed by atoms with van der Waals surface area (Å²) in [5.74, 6) is -0.249. The van der Waals surface area contributed by atoms with Crippen molar-refractivity contribution in [1.29, 1.82) is 0 Å². The number of aromatic nitrogens is 1. The van der Waals surface area contributed by atoms with Gasteiger partial charge in [-0.1, -0.05) is 41.9 Å². The van der Waals surface area contributed by atoms with Gasteiger partial charge in [0.2, 0.25) is 0 Å². The van der Waals surface area contributed by atoms with Crippen LogP contribution in [0, 0.1) is 0 Å². The number of hydrogen-bond acceptors (Lipinski definition) is 4. The molecule has 0 aliphatic heterocycles. The van der Waals surface area contributed by atoms with Crippen LogP contribution in [-0.4, -0.2) is 13.4 Å². The highest BCUT2D eigenvalue weighted by Gasteiger charge is 2.31. The molecule has 10 heteroatoms. The first-order valence-electron chi connectivity index (χ1n) is 6.41. The SMILES string of the molecule is O=S(=O)(/C=C/c1ccccc1)NNc1ncc(C(F)(F)F)cc1Cl. The Kier molecular flexibility index (Phi) is 5.47. The molecule has 0 fully saturated rings. The molecule has 0 saturated heterocycles. The lowest BCUT2D eigenvalue weighted by molar-refractivity contribution is -0.137. The molecule has 0 aliphatic rings. The summed E-state index contributed by atoms with van der Waals surface area (Å²) in [7, 11) is -3.90. The van der Waals surface area contributed by atoms with Crippen LogP contribution in [0.1, 0.15) is 11.1 Å². The average Bonchev–Trinajstić information content (AvgIpc) is 2.52. The lowest BCUT2D eigenvalue weighted by Gasteiger charge is -2.10. The standard InChI is InChI=1S/C14H11ClF3N3O2S/c15-12-8-11(14(16,17)18)9-19-13(12)20-21-24(22,23)7-6-10-4-2-1-3-5-10/h1-9,21H,(H,19,20)/b7-6+. The first-order chi connectivity index (χ1) is 11.2. The van der Waals surface area contributed by atoms with Crippen molar-refractivity contribution in [1.82, 2.24) is 9.82 Å². The highest BCUT2D eigenvalue weighted by Crippen LogP contribution is 2.32. The Labute approximate surface area is 141 Å². The molecule has 0 bridgehead atoms. The van der Waals surface area contributed by atoms with Gasteiger partial charge in [-0.15, -0.1) is 4.83 Å². The van der Waals surface area contributed by atoms with Crippen LogP contribution in [0.25, 0.3) is 6.08 Å². The van der Waals surface area contributed by atoms with E-state index in [1.807, 2.05) is 4.83 Å². The van der Waals surface area contributed by atoms with E-state index in [1.165, 1.54) is 6.08 Å². The Morgan fingerprint density at radius 2 is 1.83 bits per heavy atom. The number of rotatable bonds is 5. The molecule has 0 saturated carbocycles. The fraction of sp³-hybridized carbons (Fsp3) is 0.0714. The van der Waals surface area contributed by atoms with Crippen molar-refractivity contribution in [3.05, 3.63) is 64.2 Å². The maximum absolute atomic E-state index is 12.5. The molecule has 0 atom stereocenters. The van der Waals surface area contributed by atoms with Crippen molar-refractivity contribution < 1.29 is 21.6 Å². The minimum atomic E-state index is -4.59. The van der Waals surface area contributed by atoms with Crippen LogP contribution in [0.3, 0.4) is 0 Å². The maximum Gasteiger partial charge on any atom is 0.417 e. The summed E-state index contributed by atoms with van der Waals surface area (Å²) in [4.78, 5) is 5.40. The summed E-state index contributed by atoms with van der Waals surface area (Å²) in [6.07, 6.45) is -2.69. The van der Waals surface area contributed by atoms with Crippen LogP contribution >= 0.6 is 11.6 Å². The van der Waals surface area contributed by atoms with E-state index in [2.05, 4.69) is 10.4 Å². The third kappa shape index (κ3) is 5.22. The molecule has 1 aromatic heterocycles. The molecule has 0 radical (unpaired) electrons. The number of pyridine rings is 1. The fourth-order valence-electron chi connectivity index (χ4n) is 1.57. The molecular formula is C14H11ClF3N3O2S. The van der Waals surface area contributed by atoms with E-state index >= 15 is 0 Å². The number of nitrogens with zero attached hydrogens (tertiary/aromatic N) is 1. The van der Waals surface area contributed by atoms with E-state index in [0.29, 0.717) is 17.8 Å². The largest absolute Gasteiger partial charge is 0.417 e. The molecule has 128 valence electrons. The molecule has 1 aromatic carbocycles. The smallest absolute Gasteiger partial charge is 0.291 e. The first kappa shape index (κ1) is 18.2. The van der Waals surface area contributed by atoms with Crippen molar-refractivity contribution in [3.8, 4) is 0 Å². The predicted octanol–water partition coefficient (Wildman–Crippen LogP) is 3.67. The van der Waals surface area contributed by atoms with Crippen LogP contribution in [0.15, 0.2) is 48.0 Å². The van der Waals surface area contributed by atoms with Gasteiger partial charge >= 0.3 is 6.18 Å². The molecule has 2 aromatic rings. The van der Waals surface area contributed by atoms with Gasteiger partial charge in [-0.05, 0) is 17.7 Å². The van der Waals surface area contributed by atoms with Crippen LogP contribution in [0.2, 0.25) is 5.02 Å². The first-order valence-corrected chi connectivity index (χ1v) is 8.33. The number of anilines is 1. The van der Waals surface area contributed by atoms with Gasteiger partial charge in [0, 0.05) is 11.6 Å². The topological polar surface area (TPSA) is 71.1 Å². The summed E-state index contributed by atoms with van der Waals surface area (Å²) in [5.41, 5.74) is 1.79. The van der Waals surface area contributed by atoms with E-state index in [9.17, 15) is 21.6 Å². The van der Waals surface area contributed by atoms with Gasteiger partial charge in [0.15, 0.2) is 5.82 Å². The highest BCUT2D eigenvalue weighted by molar-refractivity contribution is 7.92. The van der Waals surface area contributed by atoms with Crippen molar-refractivity contribution in [2.75, 3.05) is 5.43 Å². The highest BCUT2D eigenvalue weighted by atomic mass is 35.5. The van der Waals surface area contributed by atoms with Crippen LogP contribution < -0.4 is 10.3 Å². The molecule has 24 heavy (non-hydrogen) atoms. The Hall–Kier alpha value is -2.10. The van der Waals surface area contributed by atoms with E-state index in [-0.39, 0.29) is 10.8 Å². The molecule has 0 amide bonds. The molecule has 5 nitrogen and oxygen atoms in total. The number of nitrogens with one attached hydrogen (secondary N) is 2. The number of halogens is 4. The molecule has 0 unspecified atom stereocenters. The summed E-state index contributed by atoms with van der Waals surface area (Å²) in [6.45, 7) is 0. The second-order valence-corrected chi connectivity index (χ2v) is 6.51. The van der Waals surface area contributed by atoms with E-state index in [4.69, 9.17) is 11.6 Å². The molecule has 2 rings (SSSR count). The molecule has 0 spiro atoms. The second kappa shape index (κ2) is 7.20. The quantitative estimate of drug-likeness (QED) is 0.780. The van der Waals surface area contributed by atoms with Crippen molar-refractivity contribution in [2.24, 2.45) is 0 Å². The Bertz CT molecular complexity index is 840. The summed E-state index contributed by atoms with van der Waals surface area (Å²) in [6, 6.07) is 9.31. The molecule has 1 heterocycles. The van der Waals surface area contributed by atoms with Gasteiger partial charge in [0.1, 0.15) is 0 Å². The third-order valence-corrected chi connectivity index (χ3v) is 3.89. The summed E-state index contributed by atoms with van der Waals surface area (Å²) in [5, 5.41) is 0.521. The van der Waals surface area contributed by atoms with E-state index in [1.54, 1.807) is 30.3 Å². The normalized spacial score (nSPS) is 12.5. The summed E-state index contributed by atoms with van der Waals surface area (Å²) >= 11 is 5.66. The zero-order valence-corrected chi connectivity index (χ0v) is 13.5. The average molecular weight is 378 g/mol. The van der Waals surface area contributed by atoms with Crippen molar-refractivity contribution in [3.63, 3.8) is 0 Å². The number of benzene rings is 1. The summed E-state index contributed by atoms with van der Waals surface area (Å²) < 4.78 is 61.1. The van der Waals surface area contributed by atoms with Gasteiger partial charge in [-0.25, -0.2) is 13.4 Å². The van der Waals surface area contributed by atoms with Gasteiger partial charge in [-0.2, -0.15) is 13.2 Å². The van der Waals surface area contributed by atoms with Gasteiger partial charge in [0.25, 0.3) is 10.0 Å². The minimum Gasteiger partial charge on any atom is -0.291 e. The van der Waals surface area contributed by atoms with Gasteiger partial charge in [-0.3, -0.25) is 5.43 Å². The van der Waals surface area contributed by atoms with Crippen molar-refractivity contribution >= 4 is 33.5 Å². The zero-order valence-electron chi connectivity index (χ0n) is 11.9. The Balaban J connectivity index is 2.06. The minimum absolute atomic E-state index is 0.249. The number of sulfonamides is 1. The van der Waals surface area contributed by atoms with Crippen LogP contribution in [0.4, 0.5) is 19.0 Å². The number of alkyl halides is 3. The fourth-order valence-corrected chi connectivity index (χ4v) is 2.43. The maximum atomic E-state index is 12.5. The monoisotopic (exact) mass is 377 g/mol. The molecular weight excluding hydrogens is 367 g/mol. The zero-order chi connectivity index (χ0) is 17.8. The molecule has 0 aliphatic carbocycles. The Morgan fingerprint density at radius 1 is 1.17 bits per heavy atom. The number of hydrogen-bond donors (Lipinski definition) is 2. The number of hydrazine groups is 1. The predicted molar refractivity (Wildman–Crippen MR) is 85.4 cm³/mol. The van der Waals surface area contributed by atoms with E-state index < -0.39 is 21.8 Å². The van der Waals surface area contributed by atoms with Gasteiger partial charge < -0.3 is 0 Å². The Morgan fingerprint density at radius 3 is 2.42 bits per heavy atom. The van der Waals surface area contributed by atoms with E-state index in [0.717, 1.165) is 5.41 Å². The van der Waals surface area contributed by atoms with Crippen LogP contribution in [-0.2, 0) is 16.2 Å².